The molecule has 2 aromatic heterocycles. The van der Waals surface area contributed by atoms with Crippen molar-refractivity contribution in [1.29, 1.82) is 0 Å². The van der Waals surface area contributed by atoms with E-state index in [1.165, 1.54) is 0 Å². The highest BCUT2D eigenvalue weighted by atomic mass is 16.5. The zero-order valence-corrected chi connectivity index (χ0v) is 8.71. The van der Waals surface area contributed by atoms with Gasteiger partial charge in [-0.25, -0.2) is 4.98 Å². The van der Waals surface area contributed by atoms with Crippen LogP contribution in [0.15, 0.2) is 17.0 Å². The molecule has 15 heavy (non-hydrogen) atoms. The number of aromatic nitrogens is 4. The molecule has 6 heteroatoms. The second-order valence-electron chi connectivity index (χ2n) is 3.46. The van der Waals surface area contributed by atoms with Gasteiger partial charge in [0.05, 0.1) is 18.6 Å². The van der Waals surface area contributed by atoms with Crippen LogP contribution in [0.5, 0.6) is 0 Å². The average Bonchev–Trinajstić information content (AvgIpc) is 2.75. The maximum Gasteiger partial charge on any atom is 0.223 e. The average molecular weight is 207 g/mol. The normalized spacial score (nSPS) is 13.0. The van der Waals surface area contributed by atoms with Crippen LogP contribution in [0.3, 0.4) is 0 Å². The molecule has 0 radical (unpaired) electrons. The van der Waals surface area contributed by atoms with Crippen molar-refractivity contribution in [2.75, 3.05) is 0 Å². The predicted molar refractivity (Wildman–Crippen MR) is 53.0 cm³/mol. The van der Waals surface area contributed by atoms with Crippen molar-refractivity contribution in [3.63, 3.8) is 0 Å². The molecule has 0 aromatic carbocycles. The van der Waals surface area contributed by atoms with Crippen LogP contribution in [0.4, 0.5) is 0 Å². The Hall–Kier alpha value is -1.69. The molecule has 0 amide bonds. The monoisotopic (exact) mass is 207 g/mol. The Kier molecular flexibility index (Phi) is 2.51. The van der Waals surface area contributed by atoms with Gasteiger partial charge in [-0.2, -0.15) is 4.98 Å². The molecular formula is C9H13N5O. The van der Waals surface area contributed by atoms with Crippen LogP contribution in [-0.4, -0.2) is 19.7 Å². The summed E-state index contributed by atoms with van der Waals surface area (Å²) < 4.78 is 6.80. The Morgan fingerprint density at radius 1 is 1.60 bits per heavy atom. The molecular weight excluding hydrogens is 194 g/mol. The van der Waals surface area contributed by atoms with E-state index in [-0.39, 0.29) is 6.04 Å². The number of aryl methyl sites for hydroxylation is 1. The molecule has 0 aliphatic heterocycles. The molecule has 0 saturated carbocycles. The van der Waals surface area contributed by atoms with E-state index in [1.807, 2.05) is 11.5 Å². The third-order valence-electron chi connectivity index (χ3n) is 2.09. The number of hydrogen-bond donors (Lipinski definition) is 1. The predicted octanol–water partition coefficient (Wildman–Crippen LogP) is 0.643. The second kappa shape index (κ2) is 3.82. The molecule has 2 rings (SSSR count). The van der Waals surface area contributed by atoms with Gasteiger partial charge in [0.15, 0.2) is 5.82 Å². The van der Waals surface area contributed by atoms with Crippen LogP contribution in [0, 0.1) is 6.92 Å². The van der Waals surface area contributed by atoms with Gasteiger partial charge in [-0.15, -0.1) is 0 Å². The minimum Gasteiger partial charge on any atom is -0.340 e. The van der Waals surface area contributed by atoms with E-state index in [2.05, 4.69) is 15.1 Å². The molecule has 0 saturated heterocycles. The molecule has 2 aromatic rings. The van der Waals surface area contributed by atoms with Crippen molar-refractivity contribution in [2.45, 2.75) is 26.4 Å². The van der Waals surface area contributed by atoms with E-state index in [4.69, 9.17) is 10.3 Å². The smallest absolute Gasteiger partial charge is 0.223 e. The summed E-state index contributed by atoms with van der Waals surface area (Å²) in [5, 5.41) is 3.82. The Morgan fingerprint density at radius 2 is 2.40 bits per heavy atom. The minimum atomic E-state index is -0.0551. The standard InChI is InChI=1S/C9H13N5O/c1-6(10)8-3-11-5-14(8)4-9-12-7(2)15-13-9/h3,5-6H,4,10H2,1-2H3. The van der Waals surface area contributed by atoms with E-state index in [1.54, 1.807) is 19.4 Å². The van der Waals surface area contributed by atoms with Crippen molar-refractivity contribution in [3.8, 4) is 0 Å². The quantitative estimate of drug-likeness (QED) is 0.798. The van der Waals surface area contributed by atoms with Crippen LogP contribution < -0.4 is 5.73 Å². The first kappa shape index (κ1) is 9.85. The number of hydrogen-bond acceptors (Lipinski definition) is 5. The van der Waals surface area contributed by atoms with Gasteiger partial charge < -0.3 is 14.8 Å². The summed E-state index contributed by atoms with van der Waals surface area (Å²) in [4.78, 5) is 8.16. The molecule has 1 atom stereocenters. The molecule has 0 bridgehead atoms. The summed E-state index contributed by atoms with van der Waals surface area (Å²) >= 11 is 0. The van der Waals surface area contributed by atoms with Gasteiger partial charge in [-0.1, -0.05) is 5.16 Å². The fourth-order valence-electron chi connectivity index (χ4n) is 1.40. The molecule has 0 fully saturated rings. The van der Waals surface area contributed by atoms with Crippen molar-refractivity contribution >= 4 is 0 Å². The van der Waals surface area contributed by atoms with Crippen molar-refractivity contribution in [2.24, 2.45) is 5.73 Å². The largest absolute Gasteiger partial charge is 0.340 e. The van der Waals surface area contributed by atoms with E-state index >= 15 is 0 Å². The summed E-state index contributed by atoms with van der Waals surface area (Å²) in [6.45, 7) is 4.21. The lowest BCUT2D eigenvalue weighted by Gasteiger charge is -2.07. The van der Waals surface area contributed by atoms with Gasteiger partial charge >= 0.3 is 0 Å². The van der Waals surface area contributed by atoms with Crippen LogP contribution >= 0.6 is 0 Å². The Balaban J connectivity index is 2.20. The molecule has 0 spiro atoms. The molecule has 80 valence electrons. The van der Waals surface area contributed by atoms with Crippen molar-refractivity contribution in [1.82, 2.24) is 19.7 Å². The van der Waals surface area contributed by atoms with Crippen LogP contribution in [0.25, 0.3) is 0 Å². The molecule has 0 aliphatic rings. The summed E-state index contributed by atoms with van der Waals surface area (Å²) in [6.07, 6.45) is 3.46. The van der Waals surface area contributed by atoms with Gasteiger partial charge in [-0.05, 0) is 6.92 Å². The lowest BCUT2D eigenvalue weighted by molar-refractivity contribution is 0.385. The molecule has 1 unspecified atom stereocenters. The first-order chi connectivity index (χ1) is 7.16. The number of nitrogens with zero attached hydrogens (tertiary/aromatic N) is 4. The second-order valence-corrected chi connectivity index (χ2v) is 3.46. The highest BCUT2D eigenvalue weighted by Crippen LogP contribution is 2.10. The van der Waals surface area contributed by atoms with E-state index in [0.717, 1.165) is 5.69 Å². The number of nitrogens with two attached hydrogens (primary N) is 1. The minimum absolute atomic E-state index is 0.0551. The lowest BCUT2D eigenvalue weighted by atomic mass is 10.3. The topological polar surface area (TPSA) is 82.8 Å². The Bertz CT molecular complexity index is 445. The van der Waals surface area contributed by atoms with Crippen molar-refractivity contribution in [3.05, 3.63) is 29.9 Å². The molecule has 2 N–H and O–H groups in total. The molecule has 6 nitrogen and oxygen atoms in total. The van der Waals surface area contributed by atoms with Gasteiger partial charge in [0.2, 0.25) is 5.89 Å². The zero-order chi connectivity index (χ0) is 10.8. The summed E-state index contributed by atoms with van der Waals surface area (Å²) in [6, 6.07) is -0.0551. The fourth-order valence-corrected chi connectivity index (χ4v) is 1.40. The van der Waals surface area contributed by atoms with Crippen LogP contribution in [-0.2, 0) is 6.54 Å². The highest BCUT2D eigenvalue weighted by molar-refractivity contribution is 5.05. The zero-order valence-electron chi connectivity index (χ0n) is 8.71. The van der Waals surface area contributed by atoms with E-state index in [0.29, 0.717) is 18.3 Å². The molecule has 2 heterocycles. The molecule has 0 aliphatic carbocycles. The number of imidazole rings is 1. The SMILES string of the molecule is Cc1nc(Cn2cncc2C(C)N)no1. The third kappa shape index (κ3) is 2.04. The maximum atomic E-state index is 5.79. The Morgan fingerprint density at radius 3 is 3.00 bits per heavy atom. The number of rotatable bonds is 3. The Labute approximate surface area is 87.1 Å². The first-order valence-corrected chi connectivity index (χ1v) is 4.71. The maximum absolute atomic E-state index is 5.79. The van der Waals surface area contributed by atoms with Gasteiger partial charge in [0.1, 0.15) is 0 Å². The van der Waals surface area contributed by atoms with E-state index < -0.39 is 0 Å². The van der Waals surface area contributed by atoms with Gasteiger partial charge in [0.25, 0.3) is 0 Å². The van der Waals surface area contributed by atoms with Crippen molar-refractivity contribution < 1.29 is 4.52 Å². The summed E-state index contributed by atoms with van der Waals surface area (Å²) in [5.74, 6) is 1.19. The first-order valence-electron chi connectivity index (χ1n) is 4.71. The van der Waals surface area contributed by atoms with E-state index in [9.17, 15) is 0 Å². The third-order valence-corrected chi connectivity index (χ3v) is 2.09. The van der Waals surface area contributed by atoms with Gasteiger partial charge in [-0.3, -0.25) is 0 Å². The highest BCUT2D eigenvalue weighted by Gasteiger charge is 2.09. The summed E-state index contributed by atoms with van der Waals surface area (Å²) in [5.41, 5.74) is 6.75. The van der Waals surface area contributed by atoms with Crippen LogP contribution in [0.1, 0.15) is 30.4 Å². The fraction of sp³-hybridized carbons (Fsp3) is 0.444. The van der Waals surface area contributed by atoms with Crippen LogP contribution in [0.2, 0.25) is 0 Å². The summed E-state index contributed by atoms with van der Waals surface area (Å²) in [7, 11) is 0. The lowest BCUT2D eigenvalue weighted by Crippen LogP contribution is -2.12. The van der Waals surface area contributed by atoms with Gasteiger partial charge in [0, 0.05) is 19.2 Å².